The third kappa shape index (κ3) is 5.35. The van der Waals surface area contributed by atoms with Crippen molar-refractivity contribution in [3.63, 3.8) is 0 Å². The van der Waals surface area contributed by atoms with Crippen LogP contribution in [0.1, 0.15) is 26.7 Å². The Hall–Kier alpha value is -3.93. The Bertz CT molecular complexity index is 1510. The van der Waals surface area contributed by atoms with Crippen molar-refractivity contribution in [3.05, 3.63) is 81.2 Å². The molecule has 0 atom stereocenters. The number of thiazole rings is 1. The van der Waals surface area contributed by atoms with Crippen LogP contribution in [-0.4, -0.2) is 44.6 Å². The molecule has 1 amide bonds. The Morgan fingerprint density at radius 1 is 1.13 bits per heavy atom. The lowest BCUT2D eigenvalue weighted by molar-refractivity contribution is -0.139. The van der Waals surface area contributed by atoms with E-state index in [2.05, 4.69) is 4.98 Å². The molecule has 0 spiro atoms. The molecule has 0 fully saturated rings. The van der Waals surface area contributed by atoms with Crippen molar-refractivity contribution < 1.29 is 37.0 Å². The molecule has 0 radical (unpaired) electrons. The molecule has 7 nitrogen and oxygen atoms in total. The third-order valence-electron chi connectivity index (χ3n) is 6.32. The molecular weight excluding hydrogens is 526 g/mol. The first-order valence-corrected chi connectivity index (χ1v) is 12.4. The first-order valence-electron chi connectivity index (χ1n) is 11.6. The number of rotatable bonds is 7. The molecule has 1 aliphatic heterocycles. The second-order valence-corrected chi connectivity index (χ2v) is 9.99. The first-order chi connectivity index (χ1) is 18.1. The van der Waals surface area contributed by atoms with Crippen molar-refractivity contribution in [3.8, 4) is 5.75 Å². The number of aliphatic carboxylic acids is 1. The molecule has 0 saturated heterocycles. The molecule has 12 heteroatoms. The summed E-state index contributed by atoms with van der Waals surface area (Å²) in [4.78, 5) is 29.4. The molecule has 0 saturated carbocycles. The van der Waals surface area contributed by atoms with Gasteiger partial charge in [-0.05, 0) is 47.9 Å². The molecule has 1 N–H and O–H groups in total. The first kappa shape index (κ1) is 25.7. The Labute approximate surface area is 217 Å². The van der Waals surface area contributed by atoms with Gasteiger partial charge in [0, 0.05) is 34.2 Å². The second kappa shape index (κ2) is 10.1. The van der Waals surface area contributed by atoms with Gasteiger partial charge in [-0.3, -0.25) is 4.79 Å². The van der Waals surface area contributed by atoms with Gasteiger partial charge in [0.15, 0.2) is 11.6 Å². The highest BCUT2D eigenvalue weighted by molar-refractivity contribution is 7.11. The normalized spacial score (nSPS) is 13.5. The van der Waals surface area contributed by atoms with Gasteiger partial charge in [-0.1, -0.05) is 12.1 Å². The van der Waals surface area contributed by atoms with Crippen molar-refractivity contribution in [2.24, 2.45) is 0 Å². The van der Waals surface area contributed by atoms with Crippen LogP contribution < -0.4 is 4.74 Å². The van der Waals surface area contributed by atoms with E-state index >= 15 is 0 Å². The van der Waals surface area contributed by atoms with E-state index in [0.717, 1.165) is 16.8 Å². The number of amides is 1. The fourth-order valence-corrected chi connectivity index (χ4v) is 5.38. The Balaban J connectivity index is 1.38. The number of alkyl halides is 3. The lowest BCUT2D eigenvalue weighted by Crippen LogP contribution is -2.37. The number of benzene rings is 2. The number of carboxylic acids is 1. The summed E-state index contributed by atoms with van der Waals surface area (Å²) in [5.74, 6) is -1.27. The van der Waals surface area contributed by atoms with E-state index in [1.165, 1.54) is 18.3 Å². The number of hydrogen-bond acceptors (Lipinski definition) is 5. The summed E-state index contributed by atoms with van der Waals surface area (Å²) in [6.07, 6.45) is -2.75. The van der Waals surface area contributed by atoms with Crippen LogP contribution in [0.15, 0.2) is 48.7 Å². The number of carbonyl (C=O) groups is 2. The molecule has 4 aromatic rings. The van der Waals surface area contributed by atoms with Crippen LogP contribution in [0.25, 0.3) is 10.9 Å². The summed E-state index contributed by atoms with van der Waals surface area (Å²) >= 11 is 0.561. The monoisotopic (exact) mass is 547 g/mol. The lowest BCUT2D eigenvalue weighted by Gasteiger charge is -2.29. The molecule has 5 rings (SSSR count). The van der Waals surface area contributed by atoms with Crippen molar-refractivity contribution in [2.75, 3.05) is 13.2 Å². The standard InChI is InChI=1S/C26H21F4N3O4S/c27-16-3-6-21-20(10-16)19-7-8-32(23(34)9-15-1-4-17(5-2-15)37-14-24(35)36)13-22(19)33(21)12-18-11-31-25(38-18)26(28,29)30/h1-6,10-11H,7-9,12-14H2,(H,35,36). The summed E-state index contributed by atoms with van der Waals surface area (Å²) in [6, 6.07) is 10.9. The highest BCUT2D eigenvalue weighted by Gasteiger charge is 2.35. The van der Waals surface area contributed by atoms with Crippen molar-refractivity contribution in [2.45, 2.75) is 32.1 Å². The summed E-state index contributed by atoms with van der Waals surface area (Å²) in [7, 11) is 0. The van der Waals surface area contributed by atoms with E-state index in [1.807, 2.05) is 4.57 Å². The van der Waals surface area contributed by atoms with Crippen LogP contribution in [0.2, 0.25) is 0 Å². The number of fused-ring (bicyclic) bond motifs is 3. The summed E-state index contributed by atoms with van der Waals surface area (Å²) < 4.78 is 60.3. The highest BCUT2D eigenvalue weighted by atomic mass is 32.1. The van der Waals surface area contributed by atoms with Gasteiger partial charge in [0.05, 0.1) is 19.5 Å². The molecule has 0 bridgehead atoms. The van der Waals surface area contributed by atoms with Gasteiger partial charge >= 0.3 is 12.1 Å². The molecule has 0 aliphatic carbocycles. The average molecular weight is 548 g/mol. The van der Waals surface area contributed by atoms with Crippen LogP contribution in [0, 0.1) is 5.82 Å². The van der Waals surface area contributed by atoms with Crippen molar-refractivity contribution in [1.82, 2.24) is 14.5 Å². The van der Waals surface area contributed by atoms with Crippen LogP contribution in [0.5, 0.6) is 5.75 Å². The highest BCUT2D eigenvalue weighted by Crippen LogP contribution is 2.35. The molecule has 2 aromatic heterocycles. The van der Waals surface area contributed by atoms with Gasteiger partial charge in [-0.25, -0.2) is 14.2 Å². The smallest absolute Gasteiger partial charge is 0.443 e. The molecular formula is C26H21F4N3O4S. The fraction of sp³-hybridized carbons (Fsp3) is 0.269. The van der Waals surface area contributed by atoms with E-state index < -0.39 is 29.6 Å². The van der Waals surface area contributed by atoms with Crippen molar-refractivity contribution in [1.29, 1.82) is 0 Å². The number of carbonyl (C=O) groups excluding carboxylic acids is 1. The zero-order valence-corrected chi connectivity index (χ0v) is 20.6. The molecule has 1 aliphatic rings. The van der Waals surface area contributed by atoms with E-state index in [0.29, 0.717) is 45.8 Å². The maximum atomic E-state index is 14.1. The minimum atomic E-state index is -4.53. The average Bonchev–Trinajstić information content (AvgIpc) is 3.47. The summed E-state index contributed by atoms with van der Waals surface area (Å²) in [5.41, 5.74) is 3.04. The van der Waals surface area contributed by atoms with Crippen molar-refractivity contribution >= 4 is 34.1 Å². The second-order valence-electron chi connectivity index (χ2n) is 8.87. The predicted molar refractivity (Wildman–Crippen MR) is 131 cm³/mol. The van der Waals surface area contributed by atoms with Gasteiger partial charge < -0.3 is 19.3 Å². The number of carboxylic acid groups (broad SMARTS) is 1. The number of ether oxygens (including phenoxy) is 1. The minimum absolute atomic E-state index is 0.104. The zero-order valence-electron chi connectivity index (χ0n) is 19.8. The number of hydrogen-bond donors (Lipinski definition) is 1. The largest absolute Gasteiger partial charge is 0.482 e. The number of halogens is 4. The van der Waals surface area contributed by atoms with Gasteiger partial charge in [-0.2, -0.15) is 13.2 Å². The molecule has 3 heterocycles. The molecule has 38 heavy (non-hydrogen) atoms. The van der Waals surface area contributed by atoms with E-state index in [9.17, 15) is 27.2 Å². The number of nitrogens with zero attached hydrogens (tertiary/aromatic N) is 3. The predicted octanol–water partition coefficient (Wildman–Crippen LogP) is 4.89. The van der Waals surface area contributed by atoms with Gasteiger partial charge in [0.2, 0.25) is 5.91 Å². The van der Waals surface area contributed by atoms with Crippen LogP contribution in [-0.2, 0) is 41.7 Å². The topological polar surface area (TPSA) is 84.7 Å². The SMILES string of the molecule is O=C(O)COc1ccc(CC(=O)N2CCc3c(n(Cc4cnc(C(F)(F)F)s4)c4ccc(F)cc34)C2)cc1. The van der Waals surface area contributed by atoms with E-state index in [-0.39, 0.29) is 25.4 Å². The van der Waals surface area contributed by atoms with E-state index in [4.69, 9.17) is 9.84 Å². The van der Waals surface area contributed by atoms with Crippen LogP contribution >= 0.6 is 11.3 Å². The van der Waals surface area contributed by atoms with Gasteiger partial charge in [0.1, 0.15) is 11.6 Å². The Kier molecular flexibility index (Phi) is 6.82. The third-order valence-corrected chi connectivity index (χ3v) is 7.35. The molecule has 2 aromatic carbocycles. The summed E-state index contributed by atoms with van der Waals surface area (Å²) in [5, 5.41) is 8.47. The van der Waals surface area contributed by atoms with Gasteiger partial charge in [0.25, 0.3) is 0 Å². The molecule has 198 valence electrons. The number of aromatic nitrogens is 2. The van der Waals surface area contributed by atoms with Gasteiger partial charge in [-0.15, -0.1) is 11.3 Å². The summed E-state index contributed by atoms with van der Waals surface area (Å²) in [6.45, 7) is 0.297. The quantitative estimate of drug-likeness (QED) is 0.333. The van der Waals surface area contributed by atoms with Crippen LogP contribution in [0.3, 0.4) is 0 Å². The maximum absolute atomic E-state index is 14.1. The Morgan fingerprint density at radius 2 is 1.89 bits per heavy atom. The lowest BCUT2D eigenvalue weighted by atomic mass is 10.0. The Morgan fingerprint density at radius 3 is 2.58 bits per heavy atom. The fourth-order valence-electron chi connectivity index (χ4n) is 4.61. The minimum Gasteiger partial charge on any atom is -0.482 e. The van der Waals surface area contributed by atoms with E-state index in [1.54, 1.807) is 35.2 Å². The van der Waals surface area contributed by atoms with Crippen LogP contribution in [0.4, 0.5) is 17.6 Å². The zero-order chi connectivity index (χ0) is 27.0. The maximum Gasteiger partial charge on any atom is 0.443 e. The molecule has 0 unspecified atom stereocenters.